The highest BCUT2D eigenvalue weighted by molar-refractivity contribution is 4.86. The van der Waals surface area contributed by atoms with Crippen LogP contribution >= 0.6 is 0 Å². The minimum Gasteiger partial charge on any atom is -0.390 e. The molecule has 1 aliphatic heterocycles. The lowest BCUT2D eigenvalue weighted by molar-refractivity contribution is -0.0782. The Labute approximate surface area is 111 Å². The van der Waals surface area contributed by atoms with Gasteiger partial charge in [-0.3, -0.25) is 0 Å². The summed E-state index contributed by atoms with van der Waals surface area (Å²) >= 11 is 0. The van der Waals surface area contributed by atoms with Gasteiger partial charge in [0.05, 0.1) is 18.8 Å². The van der Waals surface area contributed by atoms with Crippen molar-refractivity contribution in [3.05, 3.63) is 0 Å². The lowest BCUT2D eigenvalue weighted by Crippen LogP contribution is -2.35. The number of ether oxygens (including phenoxy) is 2. The van der Waals surface area contributed by atoms with E-state index in [4.69, 9.17) is 9.47 Å². The van der Waals surface area contributed by atoms with Crippen LogP contribution in [-0.4, -0.2) is 30.2 Å². The van der Waals surface area contributed by atoms with Gasteiger partial charge in [0.1, 0.15) is 0 Å². The Bertz CT molecular complexity index is 238. The van der Waals surface area contributed by atoms with Gasteiger partial charge in [-0.05, 0) is 50.4 Å². The van der Waals surface area contributed by atoms with Gasteiger partial charge in [-0.2, -0.15) is 0 Å². The number of hydrogen-bond acceptors (Lipinski definition) is 3. The Morgan fingerprint density at radius 3 is 2.33 bits per heavy atom. The molecule has 1 N–H and O–H groups in total. The topological polar surface area (TPSA) is 38.7 Å². The molecule has 106 valence electrons. The van der Waals surface area contributed by atoms with E-state index in [1.165, 1.54) is 19.3 Å². The normalized spacial score (nSPS) is 34.3. The van der Waals surface area contributed by atoms with Crippen molar-refractivity contribution >= 4 is 0 Å². The predicted molar refractivity (Wildman–Crippen MR) is 71.3 cm³/mol. The largest absolute Gasteiger partial charge is 0.390 e. The monoisotopic (exact) mass is 256 g/mol. The molecule has 1 saturated heterocycles. The van der Waals surface area contributed by atoms with Gasteiger partial charge in [-0.1, -0.05) is 13.8 Å². The fraction of sp³-hybridized carbons (Fsp3) is 1.00. The first-order chi connectivity index (χ1) is 8.57. The average molecular weight is 256 g/mol. The lowest BCUT2D eigenvalue weighted by atomic mass is 9.74. The molecule has 0 bridgehead atoms. The van der Waals surface area contributed by atoms with E-state index >= 15 is 0 Å². The molecule has 2 fully saturated rings. The van der Waals surface area contributed by atoms with Crippen LogP contribution in [0.15, 0.2) is 0 Å². The number of rotatable bonds is 5. The molecule has 1 heterocycles. The predicted octanol–water partition coefficient (Wildman–Crippen LogP) is 3.11. The molecule has 0 unspecified atom stereocenters. The van der Waals surface area contributed by atoms with Gasteiger partial charge in [0.2, 0.25) is 0 Å². The molecule has 0 aromatic heterocycles. The quantitative estimate of drug-likeness (QED) is 0.821. The van der Waals surface area contributed by atoms with E-state index in [0.717, 1.165) is 37.5 Å². The van der Waals surface area contributed by atoms with Crippen LogP contribution in [0.1, 0.15) is 58.8 Å². The van der Waals surface area contributed by atoms with E-state index in [1.807, 2.05) is 0 Å². The van der Waals surface area contributed by atoms with Gasteiger partial charge in [0, 0.05) is 6.42 Å². The van der Waals surface area contributed by atoms with E-state index in [2.05, 4.69) is 13.8 Å². The Balaban J connectivity index is 1.69. The van der Waals surface area contributed by atoms with Gasteiger partial charge < -0.3 is 14.6 Å². The molecule has 0 atom stereocenters. The van der Waals surface area contributed by atoms with Crippen LogP contribution in [0, 0.1) is 11.8 Å². The van der Waals surface area contributed by atoms with Crippen LogP contribution in [0.25, 0.3) is 0 Å². The molecule has 1 aliphatic carbocycles. The number of hydrogen-bond donors (Lipinski definition) is 1. The molecular formula is C15H28O3. The van der Waals surface area contributed by atoms with Crippen molar-refractivity contribution in [1.29, 1.82) is 0 Å². The van der Waals surface area contributed by atoms with E-state index in [-0.39, 0.29) is 6.29 Å². The third kappa shape index (κ3) is 4.22. The summed E-state index contributed by atoms with van der Waals surface area (Å²) in [7, 11) is 0. The van der Waals surface area contributed by atoms with E-state index < -0.39 is 5.60 Å². The summed E-state index contributed by atoms with van der Waals surface area (Å²) in [5.74, 6) is 1.60. The van der Waals surface area contributed by atoms with Crippen molar-refractivity contribution in [3.8, 4) is 0 Å². The van der Waals surface area contributed by atoms with Crippen LogP contribution in [0.2, 0.25) is 0 Å². The van der Waals surface area contributed by atoms with Gasteiger partial charge in [-0.15, -0.1) is 0 Å². The van der Waals surface area contributed by atoms with Crippen molar-refractivity contribution in [2.24, 2.45) is 11.8 Å². The van der Waals surface area contributed by atoms with Crippen LogP contribution < -0.4 is 0 Å². The van der Waals surface area contributed by atoms with E-state index in [1.54, 1.807) is 0 Å². The third-order valence-electron chi connectivity index (χ3n) is 4.38. The molecule has 0 amide bonds. The first-order valence-corrected chi connectivity index (χ1v) is 7.53. The minimum absolute atomic E-state index is 0.0672. The Hall–Kier alpha value is -0.120. The van der Waals surface area contributed by atoms with Crippen LogP contribution in [0.4, 0.5) is 0 Å². The molecular weight excluding hydrogens is 228 g/mol. The fourth-order valence-corrected chi connectivity index (χ4v) is 3.33. The van der Waals surface area contributed by atoms with Crippen molar-refractivity contribution in [2.45, 2.75) is 70.7 Å². The SMILES string of the molecule is CC(C)CC1CCC(O)(CCC2OCCO2)CC1. The first-order valence-electron chi connectivity index (χ1n) is 7.53. The van der Waals surface area contributed by atoms with Crippen LogP contribution in [-0.2, 0) is 9.47 Å². The molecule has 0 aromatic carbocycles. The van der Waals surface area contributed by atoms with E-state index in [9.17, 15) is 5.11 Å². The first kappa shape index (κ1) is 14.3. The highest BCUT2D eigenvalue weighted by atomic mass is 16.7. The Kier molecular flexibility index (Phi) is 5.05. The van der Waals surface area contributed by atoms with Gasteiger partial charge in [-0.25, -0.2) is 0 Å². The summed E-state index contributed by atoms with van der Waals surface area (Å²) in [6.45, 7) is 5.99. The maximum absolute atomic E-state index is 10.6. The summed E-state index contributed by atoms with van der Waals surface area (Å²) in [6, 6.07) is 0. The van der Waals surface area contributed by atoms with Gasteiger partial charge in [0.15, 0.2) is 6.29 Å². The van der Waals surface area contributed by atoms with Gasteiger partial charge in [0.25, 0.3) is 0 Å². The zero-order valence-electron chi connectivity index (χ0n) is 11.9. The van der Waals surface area contributed by atoms with Crippen molar-refractivity contribution in [1.82, 2.24) is 0 Å². The molecule has 3 nitrogen and oxygen atoms in total. The molecule has 0 radical (unpaired) electrons. The smallest absolute Gasteiger partial charge is 0.157 e. The summed E-state index contributed by atoms with van der Waals surface area (Å²) in [5.41, 5.74) is -0.456. The maximum atomic E-state index is 10.6. The van der Waals surface area contributed by atoms with Crippen molar-refractivity contribution in [2.75, 3.05) is 13.2 Å². The zero-order valence-corrected chi connectivity index (χ0v) is 11.9. The molecule has 18 heavy (non-hydrogen) atoms. The second-order valence-electron chi connectivity index (χ2n) is 6.51. The van der Waals surface area contributed by atoms with Crippen LogP contribution in [0.3, 0.4) is 0 Å². The maximum Gasteiger partial charge on any atom is 0.157 e. The summed E-state index contributed by atoms with van der Waals surface area (Å²) in [6.07, 6.45) is 7.18. The van der Waals surface area contributed by atoms with Gasteiger partial charge >= 0.3 is 0 Å². The molecule has 0 aromatic rings. The Morgan fingerprint density at radius 1 is 1.17 bits per heavy atom. The second kappa shape index (κ2) is 6.36. The minimum atomic E-state index is -0.456. The van der Waals surface area contributed by atoms with Crippen LogP contribution in [0.5, 0.6) is 0 Å². The average Bonchev–Trinajstić information content (AvgIpc) is 2.83. The standard InChI is InChI=1S/C15H28O3/c1-12(2)11-13-3-6-15(16,7-4-13)8-5-14-17-9-10-18-14/h12-14,16H,3-11H2,1-2H3. The third-order valence-corrected chi connectivity index (χ3v) is 4.38. The van der Waals surface area contributed by atoms with Crippen molar-refractivity contribution in [3.63, 3.8) is 0 Å². The molecule has 0 spiro atoms. The second-order valence-corrected chi connectivity index (χ2v) is 6.51. The Morgan fingerprint density at radius 2 is 1.78 bits per heavy atom. The summed E-state index contributed by atoms with van der Waals surface area (Å²) < 4.78 is 10.9. The fourth-order valence-electron chi connectivity index (χ4n) is 3.33. The summed E-state index contributed by atoms with van der Waals surface area (Å²) in [4.78, 5) is 0. The number of aliphatic hydroxyl groups is 1. The molecule has 2 rings (SSSR count). The highest BCUT2D eigenvalue weighted by Gasteiger charge is 2.34. The van der Waals surface area contributed by atoms with E-state index in [0.29, 0.717) is 13.2 Å². The van der Waals surface area contributed by atoms with Crippen molar-refractivity contribution < 1.29 is 14.6 Å². The summed E-state index contributed by atoms with van der Waals surface area (Å²) in [5, 5.41) is 10.6. The zero-order chi connectivity index (χ0) is 13.0. The lowest BCUT2D eigenvalue weighted by Gasteiger charge is -2.37. The highest BCUT2D eigenvalue weighted by Crippen LogP contribution is 2.38. The molecule has 2 aliphatic rings. The molecule has 1 saturated carbocycles. The molecule has 3 heteroatoms.